The van der Waals surface area contributed by atoms with Crippen LogP contribution in [0.2, 0.25) is 0 Å². The minimum Gasteiger partial charge on any atom is -0.381 e. The molecule has 0 N–H and O–H groups in total. The zero-order chi connectivity index (χ0) is 22.3. The Morgan fingerprint density at radius 2 is 2.00 bits per heavy atom. The van der Waals surface area contributed by atoms with Crippen LogP contribution < -0.4 is 0 Å². The van der Waals surface area contributed by atoms with Gasteiger partial charge in [-0.1, -0.05) is 13.8 Å². The highest BCUT2D eigenvalue weighted by molar-refractivity contribution is 5.18. The molecule has 0 saturated heterocycles. The van der Waals surface area contributed by atoms with E-state index in [2.05, 4.69) is 31.9 Å². The molecule has 0 radical (unpaired) electrons. The summed E-state index contributed by atoms with van der Waals surface area (Å²) in [6.45, 7) is 9.95. The fourth-order valence-corrected chi connectivity index (χ4v) is 9.33. The van der Waals surface area contributed by atoms with E-state index in [0.717, 1.165) is 61.2 Å². The second-order valence-corrected chi connectivity index (χ2v) is 12.0. The lowest BCUT2D eigenvalue weighted by Crippen LogP contribution is -2.49. The summed E-state index contributed by atoms with van der Waals surface area (Å²) >= 11 is 0. The molecule has 0 spiro atoms. The number of rotatable bonds is 6. The van der Waals surface area contributed by atoms with Gasteiger partial charge in [-0.05, 0) is 124 Å². The fraction of sp³-hybridized carbons (Fsp3) is 0.857. The summed E-state index contributed by atoms with van der Waals surface area (Å²) in [4.78, 5) is 0. The molecule has 4 unspecified atom stereocenters. The molecular weight excluding hydrogens is 394 g/mol. The molecule has 0 amide bonds. The second kappa shape index (κ2) is 9.13. The summed E-state index contributed by atoms with van der Waals surface area (Å²) in [7, 11) is 0. The van der Waals surface area contributed by atoms with Crippen molar-refractivity contribution < 1.29 is 4.74 Å². The lowest BCUT2D eigenvalue weighted by molar-refractivity contribution is -0.0786. The molecule has 1 aromatic rings. The van der Waals surface area contributed by atoms with Crippen molar-refractivity contribution in [2.75, 3.05) is 13.2 Å². The Labute approximate surface area is 195 Å². The number of ether oxygens (including phenoxy) is 1. The summed E-state index contributed by atoms with van der Waals surface area (Å²) in [6.07, 6.45) is 14.7. The van der Waals surface area contributed by atoms with Gasteiger partial charge in [-0.2, -0.15) is 10.4 Å². The molecule has 0 bridgehead atoms. The van der Waals surface area contributed by atoms with Crippen molar-refractivity contribution >= 4 is 0 Å². The van der Waals surface area contributed by atoms with E-state index in [1.165, 1.54) is 57.8 Å². The molecular formula is C28H43N3O. The van der Waals surface area contributed by atoms with Crippen LogP contribution in [0.1, 0.15) is 84.3 Å². The predicted octanol–water partition coefficient (Wildman–Crippen LogP) is 6.31. The molecule has 0 aromatic carbocycles. The van der Waals surface area contributed by atoms with Gasteiger partial charge in [0.15, 0.2) is 0 Å². The van der Waals surface area contributed by atoms with Gasteiger partial charge in [0.05, 0.1) is 6.20 Å². The Morgan fingerprint density at radius 3 is 2.81 bits per heavy atom. The first-order valence-electron chi connectivity index (χ1n) is 13.5. The Kier molecular flexibility index (Phi) is 6.41. The molecule has 32 heavy (non-hydrogen) atoms. The zero-order valence-electron chi connectivity index (χ0n) is 20.5. The van der Waals surface area contributed by atoms with Crippen LogP contribution in [0.5, 0.6) is 0 Å². The van der Waals surface area contributed by atoms with Crippen LogP contribution in [-0.2, 0) is 11.3 Å². The van der Waals surface area contributed by atoms with Crippen LogP contribution in [-0.4, -0.2) is 23.0 Å². The number of fused-ring (bicyclic) bond motifs is 5. The number of hydrogen-bond acceptors (Lipinski definition) is 3. The van der Waals surface area contributed by atoms with E-state index in [4.69, 9.17) is 4.74 Å². The normalized spacial score (nSPS) is 41.9. The highest BCUT2D eigenvalue weighted by Crippen LogP contribution is 2.65. The maximum atomic E-state index is 9.39. The summed E-state index contributed by atoms with van der Waals surface area (Å²) in [6, 6.07) is 4.15. The van der Waals surface area contributed by atoms with Gasteiger partial charge in [0.25, 0.3) is 0 Å². The fourth-order valence-electron chi connectivity index (χ4n) is 9.33. The van der Waals surface area contributed by atoms with Crippen LogP contribution >= 0.6 is 0 Å². The van der Waals surface area contributed by atoms with Gasteiger partial charge in [0.2, 0.25) is 0 Å². The van der Waals surface area contributed by atoms with Crippen LogP contribution in [0.15, 0.2) is 12.3 Å². The lowest BCUT2D eigenvalue weighted by atomic mass is 9.49. The third-order valence-electron chi connectivity index (χ3n) is 10.7. The summed E-state index contributed by atoms with van der Waals surface area (Å²) in [5.74, 6) is 7.01. The monoisotopic (exact) mass is 437 g/mol. The van der Waals surface area contributed by atoms with E-state index in [0.29, 0.717) is 17.0 Å². The maximum Gasteiger partial charge on any atom is 0.138 e. The highest BCUT2D eigenvalue weighted by atomic mass is 16.5. The van der Waals surface area contributed by atoms with Crippen molar-refractivity contribution in [1.82, 2.24) is 9.78 Å². The van der Waals surface area contributed by atoms with Crippen LogP contribution in [0.25, 0.3) is 0 Å². The van der Waals surface area contributed by atoms with Gasteiger partial charge in [-0.3, -0.25) is 4.68 Å². The number of aromatic nitrogens is 2. The van der Waals surface area contributed by atoms with E-state index in [1.807, 2.05) is 10.7 Å². The zero-order valence-corrected chi connectivity index (χ0v) is 20.5. The molecule has 4 saturated carbocycles. The molecule has 5 rings (SSSR count). The van der Waals surface area contributed by atoms with E-state index in [9.17, 15) is 5.26 Å². The number of nitrogens with zero attached hydrogens (tertiary/aromatic N) is 3. The van der Waals surface area contributed by atoms with Crippen molar-refractivity contribution in [2.45, 2.75) is 85.1 Å². The van der Waals surface area contributed by atoms with Crippen LogP contribution in [0.3, 0.4) is 0 Å². The van der Waals surface area contributed by atoms with Gasteiger partial charge >= 0.3 is 0 Å². The maximum absolute atomic E-state index is 9.39. The van der Waals surface area contributed by atoms with Crippen molar-refractivity contribution in [2.24, 2.45) is 52.8 Å². The van der Waals surface area contributed by atoms with E-state index < -0.39 is 0 Å². The van der Waals surface area contributed by atoms with E-state index in [1.54, 1.807) is 6.20 Å². The molecule has 0 aliphatic heterocycles. The highest BCUT2D eigenvalue weighted by Gasteiger charge is 2.57. The molecule has 4 heteroatoms. The number of hydrogen-bond donors (Lipinski definition) is 0. The summed E-state index contributed by atoms with van der Waals surface area (Å²) < 4.78 is 7.73. The molecule has 4 aliphatic rings. The molecule has 1 heterocycles. The van der Waals surface area contributed by atoms with E-state index in [-0.39, 0.29) is 0 Å². The van der Waals surface area contributed by atoms with Gasteiger partial charge in [0.1, 0.15) is 11.8 Å². The third-order valence-corrected chi connectivity index (χ3v) is 10.7. The molecule has 1 aromatic heterocycles. The molecule has 4 fully saturated rings. The van der Waals surface area contributed by atoms with Crippen molar-refractivity contribution in [3.63, 3.8) is 0 Å². The standard InChI is InChI=1S/C28H43N3O/c1-4-32-18-20-5-7-23-21(15-20)6-8-25-24(23)11-13-28(3)26(9-10-27(25)28)19(2)17-31-22(16-29)12-14-30-31/h12,14,19-21,23-27H,4-11,13,15,17-18H2,1-3H3/t19-,20-,21?,23-,24?,25+,26?,27?,28+/m0/s1. The average Bonchev–Trinajstić information content (AvgIpc) is 3.40. The largest absolute Gasteiger partial charge is 0.381 e. The Morgan fingerprint density at radius 1 is 1.16 bits per heavy atom. The predicted molar refractivity (Wildman–Crippen MR) is 127 cm³/mol. The average molecular weight is 438 g/mol. The van der Waals surface area contributed by atoms with Gasteiger partial charge in [-0.15, -0.1) is 0 Å². The first-order valence-corrected chi connectivity index (χ1v) is 13.5. The first kappa shape index (κ1) is 22.5. The van der Waals surface area contributed by atoms with Crippen molar-refractivity contribution in [1.29, 1.82) is 5.26 Å². The molecule has 4 nitrogen and oxygen atoms in total. The topological polar surface area (TPSA) is 50.8 Å². The lowest BCUT2D eigenvalue weighted by Gasteiger charge is -2.57. The smallest absolute Gasteiger partial charge is 0.138 e. The van der Waals surface area contributed by atoms with Crippen molar-refractivity contribution in [3.8, 4) is 6.07 Å². The second-order valence-electron chi connectivity index (χ2n) is 12.0. The van der Waals surface area contributed by atoms with Crippen LogP contribution in [0.4, 0.5) is 0 Å². The number of nitriles is 1. The van der Waals surface area contributed by atoms with E-state index >= 15 is 0 Å². The first-order chi connectivity index (χ1) is 15.5. The molecule has 176 valence electrons. The van der Waals surface area contributed by atoms with Gasteiger partial charge in [-0.25, -0.2) is 0 Å². The molecule has 4 aliphatic carbocycles. The Bertz CT molecular complexity index is 827. The third kappa shape index (κ3) is 3.83. The minimum atomic E-state index is 0.486. The Hall–Kier alpha value is -1.34. The SMILES string of the molecule is CCOC[C@H]1CC[C@H]2C(CC[C@@H]3C2CC[C@@]2(C)C3CCC2[C@@H](C)Cn2nccc2C#N)C1. The minimum absolute atomic E-state index is 0.486. The Balaban J connectivity index is 1.26. The van der Waals surface area contributed by atoms with Gasteiger partial charge < -0.3 is 4.74 Å². The quantitative estimate of drug-likeness (QED) is 0.524. The van der Waals surface area contributed by atoms with Gasteiger partial charge in [0, 0.05) is 19.8 Å². The summed E-state index contributed by atoms with van der Waals surface area (Å²) in [5.41, 5.74) is 1.19. The van der Waals surface area contributed by atoms with Crippen molar-refractivity contribution in [3.05, 3.63) is 18.0 Å². The summed E-state index contributed by atoms with van der Waals surface area (Å²) in [5, 5.41) is 13.8. The van der Waals surface area contributed by atoms with Crippen LogP contribution in [0, 0.1) is 64.1 Å². The molecule has 9 atom stereocenters.